The van der Waals surface area contributed by atoms with Gasteiger partial charge in [-0.05, 0) is 26.2 Å². The lowest BCUT2D eigenvalue weighted by Crippen LogP contribution is -2.60. The standard InChI is InChI=1S/C8H24O2Si3/c1-9-12(5,6)10-13(7,8)11(2,3)4/h1-8H3. The summed E-state index contributed by atoms with van der Waals surface area (Å²) < 4.78 is 11.7. The van der Waals surface area contributed by atoms with Crippen molar-refractivity contribution in [3.05, 3.63) is 0 Å². The molecule has 0 aromatic carbocycles. The molecule has 0 saturated heterocycles. The first-order chi connectivity index (χ1) is 5.52. The van der Waals surface area contributed by atoms with Crippen molar-refractivity contribution in [2.24, 2.45) is 0 Å². The van der Waals surface area contributed by atoms with Crippen molar-refractivity contribution in [1.82, 2.24) is 0 Å². The van der Waals surface area contributed by atoms with E-state index in [1.807, 2.05) is 0 Å². The number of hydrogen-bond donors (Lipinski definition) is 0. The molecule has 0 aromatic heterocycles. The Balaban J connectivity index is 4.52. The summed E-state index contributed by atoms with van der Waals surface area (Å²) in [4.78, 5) is 0. The summed E-state index contributed by atoms with van der Waals surface area (Å²) in [6, 6.07) is 0. The first-order valence-corrected chi connectivity index (χ1v) is 15.0. The fourth-order valence-corrected chi connectivity index (χ4v) is 12.3. The van der Waals surface area contributed by atoms with Crippen LogP contribution in [0.4, 0.5) is 0 Å². The lowest BCUT2D eigenvalue weighted by Gasteiger charge is -2.40. The highest BCUT2D eigenvalue weighted by Crippen LogP contribution is 2.24. The Morgan fingerprint density at radius 1 is 0.769 bits per heavy atom. The maximum absolute atomic E-state index is 6.26. The topological polar surface area (TPSA) is 18.5 Å². The molecule has 80 valence electrons. The molecule has 0 aliphatic carbocycles. The van der Waals surface area contributed by atoms with Crippen LogP contribution in [0.25, 0.3) is 0 Å². The average molecular weight is 237 g/mol. The van der Waals surface area contributed by atoms with Gasteiger partial charge in [-0.2, -0.15) is 0 Å². The molecule has 0 radical (unpaired) electrons. The Morgan fingerprint density at radius 3 is 1.38 bits per heavy atom. The van der Waals surface area contributed by atoms with Crippen LogP contribution in [0.3, 0.4) is 0 Å². The van der Waals surface area contributed by atoms with Crippen molar-refractivity contribution in [1.29, 1.82) is 0 Å². The second kappa shape index (κ2) is 3.98. The highest BCUT2D eigenvalue weighted by atomic mass is 29.3. The monoisotopic (exact) mass is 236 g/mol. The summed E-state index contributed by atoms with van der Waals surface area (Å²) in [6.07, 6.45) is 0. The summed E-state index contributed by atoms with van der Waals surface area (Å²) in [5.41, 5.74) is 0. The molecule has 0 heterocycles. The fourth-order valence-electron chi connectivity index (χ4n) is 0.809. The molecule has 0 saturated carbocycles. The van der Waals surface area contributed by atoms with E-state index in [9.17, 15) is 0 Å². The molecule has 2 nitrogen and oxygen atoms in total. The van der Waals surface area contributed by atoms with Crippen LogP contribution in [-0.4, -0.2) is 31.1 Å². The van der Waals surface area contributed by atoms with Gasteiger partial charge in [0.15, 0.2) is 7.83 Å². The van der Waals surface area contributed by atoms with E-state index in [-0.39, 0.29) is 0 Å². The van der Waals surface area contributed by atoms with Crippen LogP contribution in [0, 0.1) is 0 Å². The van der Waals surface area contributed by atoms with Gasteiger partial charge >= 0.3 is 8.56 Å². The van der Waals surface area contributed by atoms with Gasteiger partial charge in [-0.25, -0.2) is 0 Å². The summed E-state index contributed by atoms with van der Waals surface area (Å²) in [6.45, 7) is 16.1. The van der Waals surface area contributed by atoms with Crippen LogP contribution in [0.15, 0.2) is 0 Å². The molecule has 0 aliphatic rings. The predicted molar refractivity (Wildman–Crippen MR) is 66.4 cm³/mol. The van der Waals surface area contributed by atoms with Crippen LogP contribution in [-0.2, 0) is 8.54 Å². The number of rotatable bonds is 4. The molecule has 0 spiro atoms. The van der Waals surface area contributed by atoms with Gasteiger partial charge in [-0.1, -0.05) is 19.6 Å². The van der Waals surface area contributed by atoms with Crippen molar-refractivity contribution < 1.29 is 8.54 Å². The minimum absolute atomic E-state index is 1.14. The molecule has 0 aromatic rings. The average Bonchev–Trinajstić information content (AvgIpc) is 1.83. The van der Waals surface area contributed by atoms with Gasteiger partial charge in [0.2, 0.25) is 0 Å². The van der Waals surface area contributed by atoms with Gasteiger partial charge in [-0.3, -0.25) is 0 Å². The molecule has 0 fully saturated rings. The zero-order valence-corrected chi connectivity index (χ0v) is 13.3. The van der Waals surface area contributed by atoms with E-state index in [0.717, 1.165) is 0 Å². The van der Waals surface area contributed by atoms with Crippen LogP contribution < -0.4 is 0 Å². The zero-order chi connectivity index (χ0) is 10.9. The normalized spacial score (nSPS) is 14.8. The second-order valence-electron chi connectivity index (χ2n) is 5.47. The van der Waals surface area contributed by atoms with Crippen molar-refractivity contribution >= 4 is 24.0 Å². The van der Waals surface area contributed by atoms with E-state index >= 15 is 0 Å². The van der Waals surface area contributed by atoms with E-state index in [0.29, 0.717) is 0 Å². The van der Waals surface area contributed by atoms with E-state index < -0.39 is 24.0 Å². The molecule has 5 heteroatoms. The van der Waals surface area contributed by atoms with E-state index in [2.05, 4.69) is 45.8 Å². The zero-order valence-electron chi connectivity index (χ0n) is 10.3. The maximum Gasteiger partial charge on any atom is 0.321 e. The molecular formula is C8H24O2Si3. The van der Waals surface area contributed by atoms with E-state index in [1.165, 1.54) is 0 Å². The van der Waals surface area contributed by atoms with Gasteiger partial charge in [0.25, 0.3) is 0 Å². The minimum Gasteiger partial charge on any atom is -0.439 e. The molecular weight excluding hydrogens is 212 g/mol. The van der Waals surface area contributed by atoms with Crippen LogP contribution in [0.2, 0.25) is 45.8 Å². The Kier molecular flexibility index (Phi) is 4.15. The van der Waals surface area contributed by atoms with Crippen molar-refractivity contribution in [3.63, 3.8) is 0 Å². The van der Waals surface area contributed by atoms with Gasteiger partial charge in [0.1, 0.15) is 0 Å². The predicted octanol–water partition coefficient (Wildman–Crippen LogP) is 2.97. The molecule has 0 aliphatic heterocycles. The summed E-state index contributed by atoms with van der Waals surface area (Å²) in [5, 5.41) is 0. The highest BCUT2D eigenvalue weighted by Gasteiger charge is 2.43. The van der Waals surface area contributed by atoms with Gasteiger partial charge < -0.3 is 8.54 Å². The minimum atomic E-state index is -1.83. The first-order valence-electron chi connectivity index (χ1n) is 4.77. The largest absolute Gasteiger partial charge is 0.439 e. The Hall–Kier alpha value is 0.571. The van der Waals surface area contributed by atoms with Gasteiger partial charge in [-0.15, -0.1) is 0 Å². The molecule has 0 N–H and O–H groups in total. The molecule has 0 bridgehead atoms. The van der Waals surface area contributed by atoms with Crippen molar-refractivity contribution in [3.8, 4) is 0 Å². The second-order valence-corrected chi connectivity index (χ2v) is 25.1. The fraction of sp³-hybridized carbons (Fsp3) is 1.00. The quantitative estimate of drug-likeness (QED) is 0.699. The summed E-state index contributed by atoms with van der Waals surface area (Å²) in [5.74, 6) is 0. The van der Waals surface area contributed by atoms with Crippen LogP contribution in [0.1, 0.15) is 0 Å². The summed E-state index contributed by atoms with van der Waals surface area (Å²) >= 11 is 0. The van der Waals surface area contributed by atoms with E-state index in [4.69, 9.17) is 8.54 Å². The maximum atomic E-state index is 6.26. The Morgan fingerprint density at radius 2 is 1.15 bits per heavy atom. The van der Waals surface area contributed by atoms with Gasteiger partial charge in [0.05, 0.1) is 7.59 Å². The molecule has 0 rings (SSSR count). The molecule has 0 unspecified atom stereocenters. The Bertz CT molecular complexity index is 173. The Labute approximate surface area is 85.8 Å². The smallest absolute Gasteiger partial charge is 0.321 e. The molecule has 0 amide bonds. The number of hydrogen-bond acceptors (Lipinski definition) is 2. The lowest BCUT2D eigenvalue weighted by atomic mass is 11.8. The van der Waals surface area contributed by atoms with Crippen LogP contribution in [0.5, 0.6) is 0 Å². The lowest BCUT2D eigenvalue weighted by molar-refractivity contribution is 0.314. The third-order valence-electron chi connectivity index (χ3n) is 2.80. The van der Waals surface area contributed by atoms with Crippen molar-refractivity contribution in [2.75, 3.05) is 7.11 Å². The van der Waals surface area contributed by atoms with Gasteiger partial charge in [0, 0.05) is 7.11 Å². The van der Waals surface area contributed by atoms with Crippen molar-refractivity contribution in [2.45, 2.75) is 45.8 Å². The molecule has 13 heavy (non-hydrogen) atoms. The third kappa shape index (κ3) is 4.07. The molecule has 0 atom stereocenters. The SMILES string of the molecule is CO[Si](C)(C)O[Si](C)(C)[Si](C)(C)C. The van der Waals surface area contributed by atoms with Crippen LogP contribution >= 0.6 is 0 Å². The highest BCUT2D eigenvalue weighted by molar-refractivity contribution is 7.38. The third-order valence-corrected chi connectivity index (χ3v) is 23.2. The first kappa shape index (κ1) is 13.6. The van der Waals surface area contributed by atoms with E-state index in [1.54, 1.807) is 7.11 Å². The summed E-state index contributed by atoms with van der Waals surface area (Å²) in [7, 11) is -2.69.